The first-order valence-electron chi connectivity index (χ1n) is 7.75. The molecule has 2 aromatic rings. The van der Waals surface area contributed by atoms with E-state index >= 15 is 0 Å². The normalized spacial score (nSPS) is 19.7. The van der Waals surface area contributed by atoms with Crippen LogP contribution in [0, 0.1) is 10.1 Å². The van der Waals surface area contributed by atoms with Crippen molar-refractivity contribution in [2.24, 2.45) is 0 Å². The minimum absolute atomic E-state index is 0.192. The summed E-state index contributed by atoms with van der Waals surface area (Å²) in [5, 5.41) is 11.3. The van der Waals surface area contributed by atoms with E-state index in [4.69, 9.17) is 16.3 Å². The highest BCUT2D eigenvalue weighted by Crippen LogP contribution is 2.46. The fourth-order valence-corrected chi connectivity index (χ4v) is 3.48. The largest absolute Gasteiger partial charge is 0.496 e. The number of benzene rings is 2. The highest BCUT2D eigenvalue weighted by atomic mass is 35.5. The zero-order valence-corrected chi connectivity index (χ0v) is 14.8. The lowest BCUT2D eigenvalue weighted by Gasteiger charge is -2.19. The minimum atomic E-state index is -0.962. The minimum Gasteiger partial charge on any atom is -0.496 e. The summed E-state index contributed by atoms with van der Waals surface area (Å²) in [5.41, 5.74) is 0.586. The van der Waals surface area contributed by atoms with E-state index in [9.17, 15) is 19.7 Å². The van der Waals surface area contributed by atoms with Crippen LogP contribution in [0.2, 0.25) is 5.02 Å². The lowest BCUT2D eigenvalue weighted by Crippen LogP contribution is -2.25. The predicted molar refractivity (Wildman–Crippen MR) is 94.4 cm³/mol. The molecule has 0 N–H and O–H groups in total. The van der Waals surface area contributed by atoms with Gasteiger partial charge in [-0.15, -0.1) is 0 Å². The van der Waals surface area contributed by atoms with Gasteiger partial charge in [0.25, 0.3) is 5.69 Å². The third-order valence-electron chi connectivity index (χ3n) is 4.53. The smallest absolute Gasteiger partial charge is 0.269 e. The number of para-hydroxylation sites is 1. The predicted octanol–water partition coefficient (Wildman–Crippen LogP) is 3.12. The second kappa shape index (κ2) is 6.76. The lowest BCUT2D eigenvalue weighted by atomic mass is 9.82. The number of methoxy groups -OCH3 is 1. The van der Waals surface area contributed by atoms with Gasteiger partial charge in [-0.05, 0) is 17.7 Å². The molecule has 0 radical (unpaired) electrons. The molecule has 8 heteroatoms. The number of rotatable bonds is 4. The summed E-state index contributed by atoms with van der Waals surface area (Å²) in [6.45, 7) is 0. The second-order valence-corrected chi connectivity index (χ2v) is 6.30. The molecule has 2 amide bonds. The summed E-state index contributed by atoms with van der Waals surface area (Å²) in [4.78, 5) is 37.1. The van der Waals surface area contributed by atoms with Gasteiger partial charge < -0.3 is 4.74 Å². The molecule has 0 unspecified atom stereocenters. The summed E-state index contributed by atoms with van der Waals surface area (Å²) in [6.07, 6.45) is 0. The Hall–Kier alpha value is -2.93. The summed E-state index contributed by atoms with van der Waals surface area (Å²) in [6, 6.07) is 10.8. The Bertz CT molecular complexity index is 914. The first-order valence-corrected chi connectivity index (χ1v) is 8.12. The zero-order valence-electron chi connectivity index (χ0n) is 14.0. The van der Waals surface area contributed by atoms with Crippen LogP contribution in [-0.4, -0.2) is 35.8 Å². The summed E-state index contributed by atoms with van der Waals surface area (Å²) < 4.78 is 5.33. The maximum absolute atomic E-state index is 12.8. The number of amides is 2. The molecule has 0 spiro atoms. The van der Waals surface area contributed by atoms with Crippen molar-refractivity contribution in [3.8, 4) is 5.75 Å². The van der Waals surface area contributed by atoms with Crippen LogP contribution in [-0.2, 0) is 9.59 Å². The van der Waals surface area contributed by atoms with Crippen LogP contribution in [0.1, 0.15) is 23.0 Å². The maximum atomic E-state index is 12.8. The SMILES string of the molecule is COc1ccccc1[C@@H]1C(=O)N(C)C(=O)[C@H]1c1cc([N+](=O)[O-])ccc1Cl. The van der Waals surface area contributed by atoms with Gasteiger partial charge in [-0.25, -0.2) is 0 Å². The van der Waals surface area contributed by atoms with E-state index in [0.29, 0.717) is 11.3 Å². The highest BCUT2D eigenvalue weighted by molar-refractivity contribution is 6.32. The molecule has 0 saturated carbocycles. The van der Waals surface area contributed by atoms with Crippen LogP contribution >= 0.6 is 11.6 Å². The molecule has 1 heterocycles. The van der Waals surface area contributed by atoms with Crippen molar-refractivity contribution in [3.63, 3.8) is 0 Å². The number of imide groups is 1. The van der Waals surface area contributed by atoms with Crippen molar-refractivity contribution < 1.29 is 19.2 Å². The number of non-ortho nitro benzene ring substituents is 1. The molecule has 7 nitrogen and oxygen atoms in total. The van der Waals surface area contributed by atoms with Crippen molar-refractivity contribution in [3.05, 3.63) is 68.7 Å². The molecular formula is C18H15ClN2O5. The fourth-order valence-electron chi connectivity index (χ4n) is 3.24. The standard InChI is InChI=1S/C18H15ClN2O5/c1-20-17(22)15(11-5-3-4-6-14(11)26-2)16(18(20)23)12-9-10(21(24)25)7-8-13(12)19/h3-9,15-16H,1-2H3/t15-,16-/m0/s1. The molecule has 134 valence electrons. The number of nitro groups is 1. The van der Waals surface area contributed by atoms with E-state index in [-0.39, 0.29) is 16.3 Å². The number of nitro benzene ring substituents is 1. The molecule has 0 bridgehead atoms. The monoisotopic (exact) mass is 374 g/mol. The fraction of sp³-hybridized carbons (Fsp3) is 0.222. The van der Waals surface area contributed by atoms with Crippen molar-refractivity contribution in [2.45, 2.75) is 11.8 Å². The molecule has 2 atom stereocenters. The lowest BCUT2D eigenvalue weighted by molar-refractivity contribution is -0.384. The van der Waals surface area contributed by atoms with Gasteiger partial charge in [-0.1, -0.05) is 29.8 Å². The number of likely N-dealkylation sites (N-methyl/N-ethyl adjacent to an activating group) is 1. The van der Waals surface area contributed by atoms with Crippen LogP contribution in [0.4, 0.5) is 5.69 Å². The van der Waals surface area contributed by atoms with Crippen molar-refractivity contribution in [2.75, 3.05) is 14.2 Å². The molecule has 1 aliphatic heterocycles. The number of carbonyl (C=O) groups excluding carboxylic acids is 2. The van der Waals surface area contributed by atoms with Gasteiger partial charge in [-0.2, -0.15) is 0 Å². The van der Waals surface area contributed by atoms with Gasteiger partial charge in [0, 0.05) is 29.8 Å². The van der Waals surface area contributed by atoms with E-state index in [1.165, 1.54) is 32.4 Å². The van der Waals surface area contributed by atoms with Gasteiger partial charge in [0.15, 0.2) is 0 Å². The number of likely N-dealkylation sites (tertiary alicyclic amines) is 1. The third-order valence-corrected chi connectivity index (χ3v) is 4.87. The van der Waals surface area contributed by atoms with Gasteiger partial charge in [0.2, 0.25) is 11.8 Å². The number of hydrogen-bond donors (Lipinski definition) is 0. The van der Waals surface area contributed by atoms with Crippen LogP contribution in [0.3, 0.4) is 0 Å². The van der Waals surface area contributed by atoms with E-state index in [1.807, 2.05) is 0 Å². The van der Waals surface area contributed by atoms with Crippen molar-refractivity contribution in [1.82, 2.24) is 4.90 Å². The summed E-state index contributed by atoms with van der Waals surface area (Å²) in [5.74, 6) is -2.25. The number of nitrogens with zero attached hydrogens (tertiary/aromatic N) is 2. The molecule has 2 aromatic carbocycles. The number of ether oxygens (including phenoxy) is 1. The molecule has 1 aliphatic rings. The number of halogens is 1. The highest BCUT2D eigenvalue weighted by Gasteiger charge is 2.49. The third kappa shape index (κ3) is 2.80. The Morgan fingerprint density at radius 3 is 2.31 bits per heavy atom. The molecule has 3 rings (SSSR count). The Kier molecular flexibility index (Phi) is 4.65. The molecule has 0 aliphatic carbocycles. The van der Waals surface area contributed by atoms with E-state index in [2.05, 4.69) is 0 Å². The van der Waals surface area contributed by atoms with E-state index in [0.717, 1.165) is 4.90 Å². The topological polar surface area (TPSA) is 89.8 Å². The summed E-state index contributed by atoms with van der Waals surface area (Å²) >= 11 is 6.23. The van der Waals surface area contributed by atoms with Crippen molar-refractivity contribution in [1.29, 1.82) is 0 Å². The molecule has 0 aromatic heterocycles. The molecule has 26 heavy (non-hydrogen) atoms. The van der Waals surface area contributed by atoms with Crippen LogP contribution in [0.5, 0.6) is 5.75 Å². The van der Waals surface area contributed by atoms with Gasteiger partial charge >= 0.3 is 0 Å². The Morgan fingerprint density at radius 1 is 1.08 bits per heavy atom. The van der Waals surface area contributed by atoms with E-state index in [1.54, 1.807) is 24.3 Å². The van der Waals surface area contributed by atoms with Crippen LogP contribution < -0.4 is 4.74 Å². The first kappa shape index (κ1) is 17.9. The van der Waals surface area contributed by atoms with Crippen molar-refractivity contribution >= 4 is 29.1 Å². The van der Waals surface area contributed by atoms with Crippen LogP contribution in [0.25, 0.3) is 0 Å². The molecule has 1 saturated heterocycles. The maximum Gasteiger partial charge on any atom is 0.269 e. The van der Waals surface area contributed by atoms with Gasteiger partial charge in [-0.3, -0.25) is 24.6 Å². The summed E-state index contributed by atoms with van der Waals surface area (Å²) in [7, 11) is 2.86. The average Bonchev–Trinajstić information content (AvgIpc) is 2.86. The quantitative estimate of drug-likeness (QED) is 0.466. The molecular weight excluding hydrogens is 360 g/mol. The van der Waals surface area contributed by atoms with E-state index < -0.39 is 28.6 Å². The first-order chi connectivity index (χ1) is 12.4. The average molecular weight is 375 g/mol. The Morgan fingerprint density at radius 2 is 1.69 bits per heavy atom. The van der Waals surface area contributed by atoms with Gasteiger partial charge in [0.05, 0.1) is 23.9 Å². The Balaban J connectivity index is 2.21. The number of hydrogen-bond acceptors (Lipinski definition) is 5. The molecule has 1 fully saturated rings. The van der Waals surface area contributed by atoms with Crippen LogP contribution in [0.15, 0.2) is 42.5 Å². The zero-order chi connectivity index (χ0) is 19.0. The Labute approximate surface area is 154 Å². The second-order valence-electron chi connectivity index (χ2n) is 5.90. The van der Waals surface area contributed by atoms with Gasteiger partial charge in [0.1, 0.15) is 5.75 Å². The number of carbonyl (C=O) groups is 2.